The summed E-state index contributed by atoms with van der Waals surface area (Å²) in [5.74, 6) is 0.243. The number of aromatic amines is 1. The second-order valence-electron chi connectivity index (χ2n) is 8.47. The number of rotatable bonds is 6. The molecule has 0 radical (unpaired) electrons. The number of likely N-dealkylation sites (tertiary alicyclic amines) is 1. The van der Waals surface area contributed by atoms with Gasteiger partial charge in [0.15, 0.2) is 0 Å². The summed E-state index contributed by atoms with van der Waals surface area (Å²) in [7, 11) is 0. The molecule has 4 rings (SSSR count). The Morgan fingerprint density at radius 2 is 2.00 bits per heavy atom. The smallest absolute Gasteiger partial charge is 0.270 e. The van der Waals surface area contributed by atoms with E-state index in [4.69, 9.17) is 0 Å². The lowest BCUT2D eigenvalue weighted by Gasteiger charge is -2.31. The average Bonchev–Trinajstić information content (AvgIpc) is 2.77. The SMILES string of the molecule is CC1CCCN(Cc2ccccc2CNC(=O)c2cc(=O)[nH]c3ccc([N+](=O)[O-])cc23)C1. The third-order valence-corrected chi connectivity index (χ3v) is 5.97. The van der Waals surface area contributed by atoms with Crippen molar-refractivity contribution in [2.24, 2.45) is 5.92 Å². The van der Waals surface area contributed by atoms with Gasteiger partial charge in [-0.1, -0.05) is 31.2 Å². The van der Waals surface area contributed by atoms with Crippen molar-refractivity contribution in [3.63, 3.8) is 0 Å². The van der Waals surface area contributed by atoms with Gasteiger partial charge in [0.05, 0.1) is 10.5 Å². The predicted octanol–water partition coefficient (Wildman–Crippen LogP) is 3.60. The molecule has 0 spiro atoms. The van der Waals surface area contributed by atoms with Gasteiger partial charge in [0.2, 0.25) is 5.56 Å². The van der Waals surface area contributed by atoms with E-state index in [2.05, 4.69) is 28.2 Å². The Hall–Kier alpha value is -3.52. The van der Waals surface area contributed by atoms with E-state index in [9.17, 15) is 19.7 Å². The number of piperidine rings is 1. The molecule has 32 heavy (non-hydrogen) atoms. The van der Waals surface area contributed by atoms with Crippen molar-refractivity contribution >= 4 is 22.5 Å². The summed E-state index contributed by atoms with van der Waals surface area (Å²) in [5.41, 5.74) is 2.10. The van der Waals surface area contributed by atoms with Crippen LogP contribution in [-0.4, -0.2) is 33.8 Å². The molecule has 1 unspecified atom stereocenters. The Morgan fingerprint density at radius 3 is 2.75 bits per heavy atom. The number of nitrogens with one attached hydrogen (secondary N) is 2. The van der Waals surface area contributed by atoms with Crippen molar-refractivity contribution in [1.82, 2.24) is 15.2 Å². The third-order valence-electron chi connectivity index (χ3n) is 5.97. The van der Waals surface area contributed by atoms with E-state index in [0.29, 0.717) is 23.4 Å². The van der Waals surface area contributed by atoms with E-state index in [0.717, 1.165) is 30.8 Å². The minimum atomic E-state index is -0.524. The highest BCUT2D eigenvalue weighted by Gasteiger charge is 2.18. The molecule has 1 aliphatic heterocycles. The standard InChI is InChI=1S/C24H26N4O4/c1-16-5-4-10-27(14-16)15-18-7-3-2-6-17(18)13-25-24(30)21-12-23(29)26-22-9-8-19(28(31)32)11-20(21)22/h2-3,6-9,11-12,16H,4-5,10,13-15H2,1H3,(H,25,30)(H,26,29). The predicted molar refractivity (Wildman–Crippen MR) is 123 cm³/mol. The van der Waals surface area contributed by atoms with Crippen LogP contribution < -0.4 is 10.9 Å². The lowest BCUT2D eigenvalue weighted by atomic mass is 9.99. The Labute approximate surface area is 185 Å². The maximum Gasteiger partial charge on any atom is 0.270 e. The van der Waals surface area contributed by atoms with E-state index in [-0.39, 0.29) is 11.3 Å². The van der Waals surface area contributed by atoms with Gasteiger partial charge in [-0.25, -0.2) is 0 Å². The summed E-state index contributed by atoms with van der Waals surface area (Å²) in [5, 5.41) is 14.4. The number of aromatic nitrogens is 1. The van der Waals surface area contributed by atoms with Gasteiger partial charge in [0.25, 0.3) is 11.6 Å². The Balaban J connectivity index is 1.54. The fourth-order valence-electron chi connectivity index (χ4n) is 4.37. The molecule has 8 heteroatoms. The molecule has 166 valence electrons. The first-order valence-corrected chi connectivity index (χ1v) is 10.8. The minimum absolute atomic E-state index is 0.120. The second-order valence-corrected chi connectivity index (χ2v) is 8.47. The molecule has 1 aliphatic rings. The Bertz CT molecular complexity index is 1220. The largest absolute Gasteiger partial charge is 0.348 e. The van der Waals surface area contributed by atoms with Crippen LogP contribution in [0.2, 0.25) is 0 Å². The summed E-state index contributed by atoms with van der Waals surface area (Å²) in [6.07, 6.45) is 2.46. The molecular formula is C24H26N4O4. The van der Waals surface area contributed by atoms with Crippen LogP contribution in [0.15, 0.2) is 53.3 Å². The number of hydrogen-bond donors (Lipinski definition) is 2. The monoisotopic (exact) mass is 434 g/mol. The van der Waals surface area contributed by atoms with Gasteiger partial charge in [-0.15, -0.1) is 0 Å². The van der Waals surface area contributed by atoms with E-state index in [1.807, 2.05) is 18.2 Å². The molecule has 1 aromatic heterocycles. The lowest BCUT2D eigenvalue weighted by molar-refractivity contribution is -0.384. The highest BCUT2D eigenvalue weighted by Crippen LogP contribution is 2.22. The molecule has 0 aliphatic carbocycles. The highest BCUT2D eigenvalue weighted by molar-refractivity contribution is 6.06. The number of hydrogen-bond acceptors (Lipinski definition) is 5. The van der Waals surface area contributed by atoms with Gasteiger partial charge < -0.3 is 10.3 Å². The van der Waals surface area contributed by atoms with Crippen LogP contribution in [-0.2, 0) is 13.1 Å². The number of fused-ring (bicyclic) bond motifs is 1. The van der Waals surface area contributed by atoms with Gasteiger partial charge >= 0.3 is 0 Å². The number of amides is 1. The first-order valence-electron chi connectivity index (χ1n) is 10.8. The van der Waals surface area contributed by atoms with Crippen LogP contribution in [0.25, 0.3) is 10.9 Å². The zero-order valence-corrected chi connectivity index (χ0v) is 18.0. The van der Waals surface area contributed by atoms with Crippen LogP contribution >= 0.6 is 0 Å². The number of H-pyrrole nitrogens is 1. The van der Waals surface area contributed by atoms with Crippen molar-refractivity contribution in [2.75, 3.05) is 13.1 Å². The zero-order valence-electron chi connectivity index (χ0n) is 18.0. The molecule has 1 fully saturated rings. The molecule has 0 saturated carbocycles. The third kappa shape index (κ3) is 4.86. The summed E-state index contributed by atoms with van der Waals surface area (Å²) >= 11 is 0. The Kier molecular flexibility index (Phi) is 6.32. The van der Waals surface area contributed by atoms with E-state index >= 15 is 0 Å². The molecule has 1 amide bonds. The summed E-state index contributed by atoms with van der Waals surface area (Å²) in [6.45, 7) is 5.55. The summed E-state index contributed by atoms with van der Waals surface area (Å²) in [6, 6.07) is 13.2. The number of nitrogens with zero attached hydrogens (tertiary/aromatic N) is 2. The van der Waals surface area contributed by atoms with Crippen molar-refractivity contribution in [3.05, 3.63) is 85.7 Å². The fourth-order valence-corrected chi connectivity index (χ4v) is 4.37. The lowest BCUT2D eigenvalue weighted by Crippen LogP contribution is -2.34. The first-order chi connectivity index (χ1) is 15.4. The van der Waals surface area contributed by atoms with Crippen LogP contribution in [0.5, 0.6) is 0 Å². The van der Waals surface area contributed by atoms with Gasteiger partial charge in [-0.05, 0) is 42.5 Å². The molecule has 1 saturated heterocycles. The number of non-ortho nitro benzene ring substituents is 1. The molecular weight excluding hydrogens is 408 g/mol. The molecule has 1 atom stereocenters. The van der Waals surface area contributed by atoms with Crippen molar-refractivity contribution in [3.8, 4) is 0 Å². The van der Waals surface area contributed by atoms with E-state index in [1.165, 1.54) is 37.1 Å². The molecule has 2 N–H and O–H groups in total. The van der Waals surface area contributed by atoms with Crippen LogP contribution in [0.1, 0.15) is 41.3 Å². The van der Waals surface area contributed by atoms with Crippen molar-refractivity contribution < 1.29 is 9.72 Å². The number of benzene rings is 2. The zero-order chi connectivity index (χ0) is 22.7. The van der Waals surface area contributed by atoms with Crippen LogP contribution in [0.3, 0.4) is 0 Å². The molecule has 2 aromatic carbocycles. The number of nitro benzene ring substituents is 1. The average molecular weight is 434 g/mol. The summed E-state index contributed by atoms with van der Waals surface area (Å²) < 4.78 is 0. The maximum atomic E-state index is 13.0. The van der Waals surface area contributed by atoms with Crippen LogP contribution in [0, 0.1) is 16.0 Å². The van der Waals surface area contributed by atoms with Crippen molar-refractivity contribution in [1.29, 1.82) is 0 Å². The Morgan fingerprint density at radius 1 is 1.22 bits per heavy atom. The van der Waals surface area contributed by atoms with Gasteiger partial charge in [-0.3, -0.25) is 24.6 Å². The maximum absolute atomic E-state index is 13.0. The van der Waals surface area contributed by atoms with Gasteiger partial charge in [-0.2, -0.15) is 0 Å². The number of carbonyl (C=O) groups is 1. The molecule has 2 heterocycles. The molecule has 8 nitrogen and oxygen atoms in total. The fraction of sp³-hybridized carbons (Fsp3) is 0.333. The van der Waals surface area contributed by atoms with E-state index < -0.39 is 16.4 Å². The summed E-state index contributed by atoms with van der Waals surface area (Å²) in [4.78, 5) is 40.7. The topological polar surface area (TPSA) is 108 Å². The number of carbonyl (C=O) groups excluding carboxylic acids is 1. The number of pyridine rings is 1. The number of nitro groups is 1. The van der Waals surface area contributed by atoms with Gasteiger partial charge in [0.1, 0.15) is 0 Å². The quantitative estimate of drug-likeness (QED) is 0.455. The normalized spacial score (nSPS) is 16.7. The van der Waals surface area contributed by atoms with Crippen LogP contribution in [0.4, 0.5) is 5.69 Å². The molecule has 3 aromatic rings. The van der Waals surface area contributed by atoms with Crippen molar-refractivity contribution in [2.45, 2.75) is 32.9 Å². The molecule has 0 bridgehead atoms. The first kappa shape index (κ1) is 21.7. The van der Waals surface area contributed by atoms with Gasteiger partial charge in [0, 0.05) is 48.7 Å². The minimum Gasteiger partial charge on any atom is -0.348 e. The van der Waals surface area contributed by atoms with E-state index in [1.54, 1.807) is 0 Å². The second kappa shape index (κ2) is 9.32. The highest BCUT2D eigenvalue weighted by atomic mass is 16.6.